The average Bonchev–Trinajstić information content (AvgIpc) is 3.02. The summed E-state index contributed by atoms with van der Waals surface area (Å²) in [5, 5.41) is 0. The number of hydrogen-bond acceptors (Lipinski definition) is 4. The molecule has 3 aromatic rings. The normalized spacial score (nSPS) is 12.2. The van der Waals surface area contributed by atoms with Crippen LogP contribution in [0.3, 0.4) is 0 Å². The number of hydrogen-bond donors (Lipinski definition) is 0. The maximum absolute atomic E-state index is 11.7. The highest BCUT2D eigenvalue weighted by Gasteiger charge is 2.23. The Bertz CT molecular complexity index is 1090. The molecule has 4 rings (SSSR count). The van der Waals surface area contributed by atoms with Gasteiger partial charge in [0.15, 0.2) is 0 Å². The van der Waals surface area contributed by atoms with Gasteiger partial charge < -0.3 is 4.74 Å². The highest BCUT2D eigenvalue weighted by molar-refractivity contribution is 6.15. The predicted octanol–water partition coefficient (Wildman–Crippen LogP) is 3.52. The van der Waals surface area contributed by atoms with Crippen molar-refractivity contribution in [2.45, 2.75) is 19.9 Å². The van der Waals surface area contributed by atoms with Crippen LogP contribution in [0.5, 0.6) is 5.88 Å². The molecule has 5 heteroatoms. The highest BCUT2D eigenvalue weighted by atomic mass is 16.5. The maximum atomic E-state index is 11.7. The quantitative estimate of drug-likeness (QED) is 0.534. The van der Waals surface area contributed by atoms with Crippen LogP contribution < -0.4 is 4.74 Å². The van der Waals surface area contributed by atoms with E-state index in [0.717, 1.165) is 33.8 Å². The zero-order valence-electron chi connectivity index (χ0n) is 14.8. The van der Waals surface area contributed by atoms with Crippen molar-refractivity contribution in [2.24, 2.45) is 4.99 Å². The van der Waals surface area contributed by atoms with E-state index in [2.05, 4.69) is 10.9 Å². The molecule has 0 aliphatic carbocycles. The molecule has 0 saturated carbocycles. The molecule has 5 nitrogen and oxygen atoms in total. The van der Waals surface area contributed by atoms with Crippen LogP contribution in [0.25, 0.3) is 5.69 Å². The van der Waals surface area contributed by atoms with Crippen molar-refractivity contribution in [3.63, 3.8) is 0 Å². The Kier molecular flexibility index (Phi) is 4.31. The van der Waals surface area contributed by atoms with Crippen molar-refractivity contribution >= 4 is 11.7 Å². The molecule has 1 aliphatic heterocycles. The zero-order valence-corrected chi connectivity index (χ0v) is 14.8. The Hall–Kier alpha value is -3.65. The van der Waals surface area contributed by atoms with Gasteiger partial charge in [0.2, 0.25) is 5.88 Å². The number of nitrogens with zero attached hydrogens (tertiary/aromatic N) is 3. The second-order valence-corrected chi connectivity index (χ2v) is 6.10. The van der Waals surface area contributed by atoms with Crippen molar-refractivity contribution in [3.8, 4) is 23.9 Å². The molecule has 0 amide bonds. The zero-order chi connectivity index (χ0) is 18.8. The lowest BCUT2D eigenvalue weighted by Crippen LogP contribution is -2.08. The molecular formula is C22H17N3O2. The number of carbonyl (C=O) groups excluding carboxylic acids is 1. The van der Waals surface area contributed by atoms with Gasteiger partial charge >= 0.3 is 5.97 Å². The molecule has 132 valence electrons. The Balaban J connectivity index is 1.91. The molecule has 0 spiro atoms. The van der Waals surface area contributed by atoms with E-state index in [-0.39, 0.29) is 12.4 Å². The van der Waals surface area contributed by atoms with Gasteiger partial charge in [0.25, 0.3) is 0 Å². The van der Waals surface area contributed by atoms with Crippen molar-refractivity contribution in [1.82, 2.24) is 9.55 Å². The standard InChI is InChI=1S/C22H17N3O2/c1-3-15-10-11-18-17(12-15)21(16-8-6-5-7-9-16)23-13-19-22(24-14-25(18)19)27-20(26)4-2/h1,5-12,14H,4,13H2,2H3. The van der Waals surface area contributed by atoms with Crippen molar-refractivity contribution in [2.75, 3.05) is 0 Å². The first-order chi connectivity index (χ1) is 13.2. The summed E-state index contributed by atoms with van der Waals surface area (Å²) in [6.45, 7) is 2.09. The van der Waals surface area contributed by atoms with Crippen LogP contribution in [0.15, 0.2) is 59.9 Å². The first-order valence-electron chi connectivity index (χ1n) is 8.69. The predicted molar refractivity (Wildman–Crippen MR) is 103 cm³/mol. The van der Waals surface area contributed by atoms with E-state index < -0.39 is 0 Å². The average molecular weight is 355 g/mol. The van der Waals surface area contributed by atoms with Crippen molar-refractivity contribution in [1.29, 1.82) is 0 Å². The van der Waals surface area contributed by atoms with Gasteiger partial charge in [0.1, 0.15) is 12.0 Å². The summed E-state index contributed by atoms with van der Waals surface area (Å²) < 4.78 is 7.30. The number of carbonyl (C=O) groups is 1. The van der Waals surface area contributed by atoms with Gasteiger partial charge in [-0.15, -0.1) is 6.42 Å². The molecular weight excluding hydrogens is 338 g/mol. The number of aliphatic imine (C=N–C) groups is 1. The number of ether oxygens (including phenoxy) is 1. The summed E-state index contributed by atoms with van der Waals surface area (Å²) >= 11 is 0. The topological polar surface area (TPSA) is 56.5 Å². The fourth-order valence-electron chi connectivity index (χ4n) is 3.08. The number of rotatable bonds is 3. The minimum absolute atomic E-state index is 0.285. The summed E-state index contributed by atoms with van der Waals surface area (Å²) in [5.74, 6) is 2.66. The number of esters is 1. The van der Waals surface area contributed by atoms with Gasteiger partial charge in [0.05, 0.1) is 17.9 Å². The summed E-state index contributed by atoms with van der Waals surface area (Å²) in [7, 11) is 0. The SMILES string of the molecule is C#Cc1ccc2c(c1)C(c1ccccc1)=NCc1c(OC(=O)CC)ncn1-2. The van der Waals surface area contributed by atoms with Gasteiger partial charge in [-0.2, -0.15) is 0 Å². The monoisotopic (exact) mass is 355 g/mol. The second kappa shape index (κ2) is 6.93. The summed E-state index contributed by atoms with van der Waals surface area (Å²) in [6, 6.07) is 15.7. The third-order valence-electron chi connectivity index (χ3n) is 4.44. The molecule has 1 aliphatic rings. The second-order valence-electron chi connectivity index (χ2n) is 6.10. The molecule has 0 bridgehead atoms. The van der Waals surface area contributed by atoms with E-state index in [1.807, 2.05) is 53.1 Å². The number of terminal acetylenes is 1. The molecule has 27 heavy (non-hydrogen) atoms. The third kappa shape index (κ3) is 3.02. The summed E-state index contributed by atoms with van der Waals surface area (Å²) in [6.07, 6.45) is 7.55. The van der Waals surface area contributed by atoms with E-state index in [1.54, 1.807) is 13.3 Å². The molecule has 0 fully saturated rings. The molecule has 0 atom stereocenters. The maximum Gasteiger partial charge on any atom is 0.312 e. The Morgan fingerprint density at radius 2 is 2.07 bits per heavy atom. The van der Waals surface area contributed by atoms with Crippen molar-refractivity contribution < 1.29 is 9.53 Å². The van der Waals surface area contributed by atoms with Crippen LogP contribution in [-0.2, 0) is 11.3 Å². The first kappa shape index (κ1) is 16.8. The van der Waals surface area contributed by atoms with Crippen LogP contribution in [0.2, 0.25) is 0 Å². The smallest absolute Gasteiger partial charge is 0.312 e. The molecule has 2 aromatic carbocycles. The van der Waals surface area contributed by atoms with Crippen LogP contribution in [0.4, 0.5) is 0 Å². The van der Waals surface area contributed by atoms with E-state index in [1.165, 1.54) is 0 Å². The van der Waals surface area contributed by atoms with Gasteiger partial charge in [-0.3, -0.25) is 14.4 Å². The first-order valence-corrected chi connectivity index (χ1v) is 8.69. The van der Waals surface area contributed by atoms with E-state index >= 15 is 0 Å². The summed E-state index contributed by atoms with van der Waals surface area (Å²) in [4.78, 5) is 20.8. The van der Waals surface area contributed by atoms with Crippen LogP contribution in [0, 0.1) is 12.3 Å². The van der Waals surface area contributed by atoms with Gasteiger partial charge in [-0.1, -0.05) is 43.2 Å². The number of fused-ring (bicyclic) bond motifs is 3. The fraction of sp³-hybridized carbons (Fsp3) is 0.136. The lowest BCUT2D eigenvalue weighted by atomic mass is 9.98. The minimum atomic E-state index is -0.323. The Morgan fingerprint density at radius 1 is 1.26 bits per heavy atom. The summed E-state index contributed by atoms with van der Waals surface area (Å²) in [5.41, 5.74) is 5.17. The van der Waals surface area contributed by atoms with Gasteiger partial charge in [0, 0.05) is 23.1 Å². The van der Waals surface area contributed by atoms with Crippen LogP contribution >= 0.6 is 0 Å². The van der Waals surface area contributed by atoms with Crippen LogP contribution in [-0.4, -0.2) is 21.2 Å². The van der Waals surface area contributed by atoms with E-state index in [0.29, 0.717) is 12.4 Å². The third-order valence-corrected chi connectivity index (χ3v) is 4.44. The molecule has 2 heterocycles. The number of aromatic nitrogens is 2. The molecule has 0 unspecified atom stereocenters. The van der Waals surface area contributed by atoms with Gasteiger partial charge in [-0.25, -0.2) is 4.98 Å². The largest absolute Gasteiger partial charge is 0.405 e. The Labute approximate surface area is 157 Å². The lowest BCUT2D eigenvalue weighted by molar-refractivity contribution is -0.134. The Morgan fingerprint density at radius 3 is 2.81 bits per heavy atom. The van der Waals surface area contributed by atoms with E-state index in [4.69, 9.17) is 16.2 Å². The molecule has 0 saturated heterocycles. The van der Waals surface area contributed by atoms with Crippen LogP contribution in [0.1, 0.15) is 35.7 Å². The number of benzene rings is 2. The molecule has 0 N–H and O–H groups in total. The van der Waals surface area contributed by atoms with Gasteiger partial charge in [-0.05, 0) is 18.2 Å². The molecule has 1 aromatic heterocycles. The van der Waals surface area contributed by atoms with Crippen molar-refractivity contribution in [3.05, 3.63) is 77.2 Å². The van der Waals surface area contributed by atoms with E-state index in [9.17, 15) is 4.79 Å². The number of imidazole rings is 1. The fourth-order valence-corrected chi connectivity index (χ4v) is 3.08. The highest BCUT2D eigenvalue weighted by Crippen LogP contribution is 2.30. The molecule has 0 radical (unpaired) electrons. The lowest BCUT2D eigenvalue weighted by Gasteiger charge is -2.12. The minimum Gasteiger partial charge on any atom is -0.405 e.